The largest absolute Gasteiger partial charge is 0.374 e. The number of hydrogen-bond donors (Lipinski definition) is 1. The van der Waals surface area contributed by atoms with E-state index in [1.54, 1.807) is 6.20 Å². The number of hydrogen-bond acceptors (Lipinski definition) is 7. The van der Waals surface area contributed by atoms with Crippen molar-refractivity contribution in [3.8, 4) is 0 Å². The number of halogens is 1. The minimum Gasteiger partial charge on any atom is -0.374 e. The van der Waals surface area contributed by atoms with Gasteiger partial charge in [0.1, 0.15) is 5.02 Å². The van der Waals surface area contributed by atoms with Gasteiger partial charge in [0.2, 0.25) is 5.95 Å². The molecule has 0 radical (unpaired) electrons. The lowest BCUT2D eigenvalue weighted by Gasteiger charge is -2.39. The molecule has 0 spiro atoms. The number of piperidine rings is 1. The summed E-state index contributed by atoms with van der Waals surface area (Å²) in [6.07, 6.45) is 6.55. The summed E-state index contributed by atoms with van der Waals surface area (Å²) in [6.45, 7) is 13.0. The molecule has 1 N–H and O–H groups in total. The average Bonchev–Trinajstić information content (AvgIpc) is 2.97. The maximum Gasteiger partial charge on any atom is 0.227 e. The highest BCUT2D eigenvalue weighted by molar-refractivity contribution is 6.32. The van der Waals surface area contributed by atoms with Crippen molar-refractivity contribution in [3.63, 3.8) is 0 Å². The fraction of sp³-hybridized carbons (Fsp3) is 0.500. The third-order valence-electron chi connectivity index (χ3n) is 9.07. The summed E-state index contributed by atoms with van der Waals surface area (Å²) in [5.74, 6) is 2.20. The molecule has 2 fully saturated rings. The Morgan fingerprint density at radius 1 is 0.900 bits per heavy atom. The van der Waals surface area contributed by atoms with Crippen LogP contribution in [0.15, 0.2) is 42.6 Å². The van der Waals surface area contributed by atoms with Crippen LogP contribution in [0, 0.1) is 19.8 Å². The van der Waals surface area contributed by atoms with Gasteiger partial charge in [-0.1, -0.05) is 17.7 Å². The number of piperazine rings is 1. The van der Waals surface area contributed by atoms with E-state index in [0.29, 0.717) is 10.8 Å². The number of benzene rings is 2. The van der Waals surface area contributed by atoms with Gasteiger partial charge in [-0.05, 0) is 92.5 Å². The van der Waals surface area contributed by atoms with Gasteiger partial charge in [-0.3, -0.25) is 4.90 Å². The third kappa shape index (κ3) is 6.01. The molecule has 8 heteroatoms. The highest BCUT2D eigenvalue weighted by Gasteiger charge is 2.25. The van der Waals surface area contributed by atoms with Crippen molar-refractivity contribution in [1.29, 1.82) is 0 Å². The Morgan fingerprint density at radius 3 is 2.48 bits per heavy atom. The zero-order chi connectivity index (χ0) is 27.6. The molecule has 0 aliphatic carbocycles. The van der Waals surface area contributed by atoms with Gasteiger partial charge in [0.05, 0.1) is 6.20 Å². The topological polar surface area (TPSA) is 50.8 Å². The van der Waals surface area contributed by atoms with E-state index in [0.717, 1.165) is 69.8 Å². The number of fused-ring (bicyclic) bond motifs is 1. The Hall–Kier alpha value is -3.03. The number of aromatic nitrogens is 2. The monoisotopic (exact) mass is 559 g/mol. The van der Waals surface area contributed by atoms with E-state index in [1.807, 2.05) is 0 Å². The summed E-state index contributed by atoms with van der Waals surface area (Å²) in [6, 6.07) is 13.4. The Kier molecular flexibility index (Phi) is 8.03. The second kappa shape index (κ2) is 11.8. The summed E-state index contributed by atoms with van der Waals surface area (Å²) < 4.78 is 0. The summed E-state index contributed by atoms with van der Waals surface area (Å²) in [4.78, 5) is 19.2. The third-order valence-corrected chi connectivity index (χ3v) is 9.34. The summed E-state index contributed by atoms with van der Waals surface area (Å²) in [7, 11) is 2.16. The summed E-state index contributed by atoms with van der Waals surface area (Å²) >= 11 is 6.52. The molecule has 0 atom stereocenters. The molecule has 7 nitrogen and oxygen atoms in total. The van der Waals surface area contributed by atoms with Gasteiger partial charge in [0.15, 0.2) is 5.82 Å². The molecule has 2 aromatic carbocycles. The van der Waals surface area contributed by atoms with Gasteiger partial charge < -0.3 is 20.0 Å². The lowest BCUT2D eigenvalue weighted by atomic mass is 9.95. The van der Waals surface area contributed by atoms with Gasteiger partial charge >= 0.3 is 0 Å². The van der Waals surface area contributed by atoms with Crippen LogP contribution in [0.2, 0.25) is 5.02 Å². The fourth-order valence-corrected chi connectivity index (χ4v) is 6.53. The predicted molar refractivity (Wildman–Crippen MR) is 168 cm³/mol. The van der Waals surface area contributed by atoms with Crippen LogP contribution in [-0.4, -0.2) is 74.3 Å². The van der Waals surface area contributed by atoms with E-state index in [4.69, 9.17) is 16.6 Å². The van der Waals surface area contributed by atoms with Crippen molar-refractivity contribution in [1.82, 2.24) is 14.9 Å². The maximum absolute atomic E-state index is 6.52. The minimum absolute atomic E-state index is 0.546. The molecule has 0 unspecified atom stereocenters. The smallest absolute Gasteiger partial charge is 0.227 e. The van der Waals surface area contributed by atoms with Crippen LogP contribution >= 0.6 is 11.6 Å². The summed E-state index contributed by atoms with van der Waals surface area (Å²) in [5.41, 5.74) is 7.85. The van der Waals surface area contributed by atoms with Crippen LogP contribution in [0.25, 0.3) is 0 Å². The number of nitrogens with zero attached hydrogens (tertiary/aromatic N) is 6. The van der Waals surface area contributed by atoms with Gasteiger partial charge in [-0.15, -0.1) is 0 Å². The molecule has 40 heavy (non-hydrogen) atoms. The first kappa shape index (κ1) is 27.2. The molecule has 3 aliphatic rings. The zero-order valence-corrected chi connectivity index (χ0v) is 24.9. The average molecular weight is 560 g/mol. The molecule has 4 heterocycles. The van der Waals surface area contributed by atoms with Gasteiger partial charge in [0.25, 0.3) is 0 Å². The highest BCUT2D eigenvalue weighted by atomic mass is 35.5. The molecule has 3 aliphatic heterocycles. The zero-order valence-electron chi connectivity index (χ0n) is 24.2. The standard InChI is InChI=1S/C32H42ClN7/c1-23-6-8-28(19-24(23)2)39-13-10-25(11-14-39)22-38-15-17-40(18-16-38)32-34-21-29(33)31(36-32)35-27-7-9-30-26(20-27)5-4-12-37(30)3/h6-9,19-21,25H,4-5,10-18,22H2,1-3H3,(H,34,35,36). The van der Waals surface area contributed by atoms with Gasteiger partial charge in [-0.2, -0.15) is 4.98 Å². The van der Waals surface area contributed by atoms with Gasteiger partial charge in [-0.25, -0.2) is 4.98 Å². The number of anilines is 5. The SMILES string of the molecule is Cc1ccc(N2CCC(CN3CCN(c4ncc(Cl)c(Nc5ccc6c(c5)CCCN6C)n4)CC3)CC2)cc1C. The molecule has 6 rings (SSSR count). The Bertz CT molecular complexity index is 1330. The second-order valence-corrected chi connectivity index (χ2v) is 12.3. The van der Waals surface area contributed by atoms with E-state index >= 15 is 0 Å². The molecule has 0 bridgehead atoms. The molecule has 212 valence electrons. The van der Waals surface area contributed by atoms with Crippen molar-refractivity contribution in [2.75, 3.05) is 79.4 Å². The van der Waals surface area contributed by atoms with Crippen LogP contribution in [0.5, 0.6) is 0 Å². The quantitative estimate of drug-likeness (QED) is 0.403. The lowest BCUT2D eigenvalue weighted by molar-refractivity contribution is 0.201. The van der Waals surface area contributed by atoms with Crippen molar-refractivity contribution < 1.29 is 0 Å². The highest BCUT2D eigenvalue weighted by Crippen LogP contribution is 2.32. The van der Waals surface area contributed by atoms with Crippen molar-refractivity contribution in [2.24, 2.45) is 5.92 Å². The van der Waals surface area contributed by atoms with Crippen LogP contribution in [0.1, 0.15) is 36.0 Å². The second-order valence-electron chi connectivity index (χ2n) is 11.8. The van der Waals surface area contributed by atoms with Crippen LogP contribution < -0.4 is 20.0 Å². The van der Waals surface area contributed by atoms with Gasteiger partial charge in [0, 0.05) is 76.5 Å². The molecule has 3 aromatic rings. The molecular weight excluding hydrogens is 518 g/mol. The van der Waals surface area contributed by atoms with Crippen molar-refractivity contribution in [3.05, 3.63) is 64.3 Å². The molecule has 1 aromatic heterocycles. The lowest BCUT2D eigenvalue weighted by Crippen LogP contribution is -2.49. The van der Waals surface area contributed by atoms with E-state index in [2.05, 4.69) is 87.2 Å². The first-order valence-corrected chi connectivity index (χ1v) is 15.2. The first-order valence-electron chi connectivity index (χ1n) is 14.9. The van der Waals surface area contributed by atoms with E-state index < -0.39 is 0 Å². The normalized spacial score (nSPS) is 18.6. The van der Waals surface area contributed by atoms with E-state index in [1.165, 1.54) is 53.9 Å². The number of rotatable bonds is 6. The van der Waals surface area contributed by atoms with Crippen LogP contribution in [0.3, 0.4) is 0 Å². The predicted octanol–water partition coefficient (Wildman–Crippen LogP) is 5.91. The molecule has 0 amide bonds. The van der Waals surface area contributed by atoms with Crippen LogP contribution in [-0.2, 0) is 6.42 Å². The van der Waals surface area contributed by atoms with E-state index in [9.17, 15) is 0 Å². The Labute approximate surface area is 244 Å². The first-order chi connectivity index (χ1) is 19.4. The number of nitrogens with one attached hydrogen (secondary N) is 1. The maximum atomic E-state index is 6.52. The van der Waals surface area contributed by atoms with Crippen LogP contribution in [0.4, 0.5) is 28.8 Å². The molecule has 0 saturated carbocycles. The minimum atomic E-state index is 0.546. The Morgan fingerprint density at radius 2 is 1.70 bits per heavy atom. The number of aryl methyl sites for hydroxylation is 3. The molecular formula is C32H42ClN7. The van der Waals surface area contributed by atoms with E-state index in [-0.39, 0.29) is 0 Å². The molecule has 2 saturated heterocycles. The van der Waals surface area contributed by atoms with Crippen molar-refractivity contribution in [2.45, 2.75) is 39.5 Å². The van der Waals surface area contributed by atoms with Crippen molar-refractivity contribution >= 4 is 40.4 Å². The summed E-state index contributed by atoms with van der Waals surface area (Å²) in [5, 5.41) is 4.00. The fourth-order valence-electron chi connectivity index (χ4n) is 6.39. The Balaban J connectivity index is 1.01.